The van der Waals surface area contributed by atoms with Crippen LogP contribution in [0.4, 0.5) is 4.79 Å². The Bertz CT molecular complexity index is 459. The van der Waals surface area contributed by atoms with Crippen molar-refractivity contribution in [2.24, 2.45) is 11.1 Å². The maximum atomic E-state index is 11.0. The van der Waals surface area contributed by atoms with E-state index < -0.39 is 14.4 Å². The van der Waals surface area contributed by atoms with E-state index in [0.717, 1.165) is 25.7 Å². The summed E-state index contributed by atoms with van der Waals surface area (Å²) in [5.74, 6) is 0. The maximum Gasteiger partial charge on any atom is 0.404 e. The van der Waals surface area contributed by atoms with Crippen LogP contribution in [-0.4, -0.2) is 39.2 Å². The zero-order valence-corrected chi connectivity index (χ0v) is 20.8. The van der Waals surface area contributed by atoms with Crippen LogP contribution in [-0.2, 0) is 9.16 Å². The molecule has 0 aromatic heterocycles. The van der Waals surface area contributed by atoms with Crippen LogP contribution in [0.1, 0.15) is 88.0 Å². The number of nitrogens with one attached hydrogen (secondary N) is 1. The van der Waals surface area contributed by atoms with Gasteiger partial charge in [-0.15, -0.1) is 0 Å². The Hall–Kier alpha value is -0.593. The third-order valence-electron chi connectivity index (χ3n) is 6.63. The molecule has 0 radical (unpaired) electrons. The molecule has 1 atom stereocenters. The third kappa shape index (κ3) is 6.73. The first-order chi connectivity index (χ1) is 12.8. The second-order valence-corrected chi connectivity index (χ2v) is 16.0. The van der Waals surface area contributed by atoms with Crippen LogP contribution < -0.4 is 11.1 Å². The molecule has 1 fully saturated rings. The molecular formula is C22H46N2O3Si. The topological polar surface area (TPSA) is 73.6 Å². The van der Waals surface area contributed by atoms with Gasteiger partial charge >= 0.3 is 6.09 Å². The van der Waals surface area contributed by atoms with Gasteiger partial charge in [0.1, 0.15) is 6.61 Å². The molecule has 28 heavy (non-hydrogen) atoms. The molecule has 6 heteroatoms. The molecule has 0 aliphatic heterocycles. The fourth-order valence-corrected chi connectivity index (χ4v) is 10.7. The van der Waals surface area contributed by atoms with Crippen LogP contribution in [0.25, 0.3) is 0 Å². The van der Waals surface area contributed by atoms with E-state index >= 15 is 0 Å². The number of ether oxygens (including phenoxy) is 1. The Kier molecular flexibility index (Phi) is 9.49. The van der Waals surface area contributed by atoms with Crippen molar-refractivity contribution in [2.75, 3.05) is 6.61 Å². The highest BCUT2D eigenvalue weighted by Crippen LogP contribution is 2.44. The van der Waals surface area contributed by atoms with Gasteiger partial charge in [0.15, 0.2) is 0 Å². The van der Waals surface area contributed by atoms with Gasteiger partial charge in [0.05, 0.1) is 0 Å². The minimum Gasteiger partial charge on any atom is -0.448 e. The van der Waals surface area contributed by atoms with Crippen LogP contribution in [0.15, 0.2) is 0 Å². The lowest BCUT2D eigenvalue weighted by atomic mass is 9.85. The molecular weight excluding hydrogens is 368 g/mol. The van der Waals surface area contributed by atoms with Gasteiger partial charge in [-0.25, -0.2) is 4.79 Å². The minimum atomic E-state index is -1.82. The number of carbonyl (C=O) groups is 1. The highest BCUT2D eigenvalue weighted by atomic mass is 28.4. The van der Waals surface area contributed by atoms with E-state index in [1.807, 2.05) is 0 Å². The summed E-state index contributed by atoms with van der Waals surface area (Å²) in [6.07, 6.45) is 4.09. The zero-order valence-electron chi connectivity index (χ0n) is 19.8. The monoisotopic (exact) mass is 414 g/mol. The zero-order chi connectivity index (χ0) is 21.7. The standard InChI is InChI=1S/C22H46N2O3Si/c1-15(2)28(16(3)4,17(5)6)27-19-12-10-18(11-13-19)24-20(22(7,8)9)14-26-21(23)25/h15-20,24H,10-14H2,1-9H3,(H2,23,25)/t18-,19-,20?. The van der Waals surface area contributed by atoms with Crippen LogP contribution in [0.3, 0.4) is 0 Å². The van der Waals surface area contributed by atoms with Gasteiger partial charge in [-0.05, 0) is 47.7 Å². The number of amides is 1. The molecule has 3 N–H and O–H groups in total. The highest BCUT2D eigenvalue weighted by molar-refractivity contribution is 6.77. The van der Waals surface area contributed by atoms with Crippen molar-refractivity contribution >= 4 is 14.4 Å². The molecule has 1 aliphatic carbocycles. The van der Waals surface area contributed by atoms with Crippen molar-refractivity contribution in [1.29, 1.82) is 0 Å². The van der Waals surface area contributed by atoms with Gasteiger partial charge in [-0.2, -0.15) is 0 Å². The summed E-state index contributed by atoms with van der Waals surface area (Å²) in [5.41, 5.74) is 7.04. The second kappa shape index (κ2) is 10.4. The van der Waals surface area contributed by atoms with E-state index in [2.05, 4.69) is 67.6 Å². The lowest BCUT2D eigenvalue weighted by Crippen LogP contribution is -2.53. The van der Waals surface area contributed by atoms with Gasteiger partial charge in [-0.3, -0.25) is 0 Å². The fourth-order valence-electron chi connectivity index (χ4n) is 5.04. The normalized spacial score (nSPS) is 22.7. The minimum absolute atomic E-state index is 0.00219. The molecule has 5 nitrogen and oxygen atoms in total. The summed E-state index contributed by atoms with van der Waals surface area (Å²) >= 11 is 0. The summed E-state index contributed by atoms with van der Waals surface area (Å²) in [4.78, 5) is 11.0. The molecule has 0 heterocycles. The average molecular weight is 415 g/mol. The molecule has 1 amide bonds. The van der Waals surface area contributed by atoms with Crippen molar-refractivity contribution in [1.82, 2.24) is 5.32 Å². The summed E-state index contributed by atoms with van der Waals surface area (Å²) in [7, 11) is -1.82. The first-order valence-electron chi connectivity index (χ1n) is 11.2. The molecule has 1 aliphatic rings. The number of rotatable bonds is 9. The van der Waals surface area contributed by atoms with Gasteiger partial charge < -0.3 is 20.2 Å². The van der Waals surface area contributed by atoms with E-state index in [4.69, 9.17) is 14.9 Å². The van der Waals surface area contributed by atoms with Gasteiger partial charge in [0.2, 0.25) is 8.32 Å². The van der Waals surface area contributed by atoms with Gasteiger partial charge in [0.25, 0.3) is 0 Å². The highest BCUT2D eigenvalue weighted by Gasteiger charge is 2.47. The van der Waals surface area contributed by atoms with Crippen molar-refractivity contribution in [3.8, 4) is 0 Å². The van der Waals surface area contributed by atoms with E-state index in [1.165, 1.54) is 0 Å². The first-order valence-corrected chi connectivity index (χ1v) is 13.3. The van der Waals surface area contributed by atoms with Crippen LogP contribution >= 0.6 is 0 Å². The molecule has 0 bridgehead atoms. The van der Waals surface area contributed by atoms with Crippen LogP contribution in [0.2, 0.25) is 16.6 Å². The van der Waals surface area contributed by atoms with E-state index in [9.17, 15) is 4.79 Å². The van der Waals surface area contributed by atoms with E-state index in [1.54, 1.807) is 0 Å². The van der Waals surface area contributed by atoms with Crippen molar-refractivity contribution < 1.29 is 14.0 Å². The fraction of sp³-hybridized carbons (Fsp3) is 0.955. The third-order valence-corrected chi connectivity index (χ3v) is 12.8. The Morgan fingerprint density at radius 3 is 1.82 bits per heavy atom. The summed E-state index contributed by atoms with van der Waals surface area (Å²) in [6, 6.07) is 0.534. The van der Waals surface area contributed by atoms with Crippen molar-refractivity contribution in [3.63, 3.8) is 0 Å². The number of hydrogen-bond acceptors (Lipinski definition) is 4. The number of carbonyl (C=O) groups excluding carboxylic acids is 1. The molecule has 1 saturated carbocycles. The summed E-state index contributed by atoms with van der Waals surface area (Å²) < 4.78 is 12.1. The number of hydrogen-bond donors (Lipinski definition) is 2. The molecule has 0 spiro atoms. The van der Waals surface area contributed by atoms with Crippen LogP contribution in [0, 0.1) is 5.41 Å². The predicted molar refractivity (Wildman–Crippen MR) is 120 cm³/mol. The quantitative estimate of drug-likeness (QED) is 0.482. The molecule has 1 rings (SSSR count). The van der Waals surface area contributed by atoms with E-state index in [-0.39, 0.29) is 11.5 Å². The van der Waals surface area contributed by atoms with E-state index in [0.29, 0.717) is 35.4 Å². The van der Waals surface area contributed by atoms with Gasteiger partial charge in [-0.1, -0.05) is 62.3 Å². The Labute approximate surface area is 174 Å². The maximum absolute atomic E-state index is 11.0. The average Bonchev–Trinajstić information content (AvgIpc) is 2.55. The lowest BCUT2D eigenvalue weighted by molar-refractivity contribution is 0.0867. The molecule has 0 aromatic carbocycles. The van der Waals surface area contributed by atoms with Crippen molar-refractivity contribution in [2.45, 2.75) is 123 Å². The molecule has 0 aromatic rings. The number of primary amides is 1. The Morgan fingerprint density at radius 1 is 1.00 bits per heavy atom. The number of nitrogens with two attached hydrogens (primary N) is 1. The molecule has 1 unspecified atom stereocenters. The summed E-state index contributed by atoms with van der Waals surface area (Å²) in [6.45, 7) is 20.9. The SMILES string of the molecule is CC(C)[Si](O[C@H]1CC[C@H](NC(COC(N)=O)C(C)(C)C)CC1)(C(C)C)C(C)C. The Morgan fingerprint density at radius 2 is 1.46 bits per heavy atom. The van der Waals surface area contributed by atoms with Crippen LogP contribution in [0.5, 0.6) is 0 Å². The smallest absolute Gasteiger partial charge is 0.404 e. The second-order valence-electron chi connectivity index (χ2n) is 10.6. The summed E-state index contributed by atoms with van der Waals surface area (Å²) in [5, 5.41) is 3.73. The molecule has 0 saturated heterocycles. The Balaban J connectivity index is 2.69. The first kappa shape index (κ1) is 25.4. The molecule has 166 valence electrons. The predicted octanol–water partition coefficient (Wildman–Crippen LogP) is 5.59. The van der Waals surface area contributed by atoms with Gasteiger partial charge in [0, 0.05) is 18.2 Å². The lowest BCUT2D eigenvalue weighted by Gasteiger charge is -2.46. The largest absolute Gasteiger partial charge is 0.448 e. The van der Waals surface area contributed by atoms with Crippen molar-refractivity contribution in [3.05, 3.63) is 0 Å².